The maximum Gasteiger partial charge on any atom is 0.325 e. The van der Waals surface area contributed by atoms with Crippen LogP contribution in [0.25, 0.3) is 6.08 Å². The predicted molar refractivity (Wildman–Crippen MR) is 119 cm³/mol. The van der Waals surface area contributed by atoms with Crippen molar-refractivity contribution in [1.82, 2.24) is 4.90 Å². The summed E-state index contributed by atoms with van der Waals surface area (Å²) in [4.78, 5) is 28.3. The Morgan fingerprint density at radius 3 is 2.41 bits per heavy atom. The molecule has 0 saturated carbocycles. The minimum atomic E-state index is -0.541. The molecule has 4 rings (SSSR count). The molecule has 0 aliphatic carbocycles. The van der Waals surface area contributed by atoms with E-state index in [1.54, 1.807) is 49.6 Å². The van der Waals surface area contributed by atoms with Crippen molar-refractivity contribution < 1.29 is 33.3 Å². The van der Waals surface area contributed by atoms with Crippen molar-refractivity contribution in [3.8, 4) is 23.0 Å². The smallest absolute Gasteiger partial charge is 0.325 e. The van der Waals surface area contributed by atoms with Gasteiger partial charge in [0.2, 0.25) is 6.79 Å². The van der Waals surface area contributed by atoms with Crippen LogP contribution in [0.5, 0.6) is 23.0 Å². The van der Waals surface area contributed by atoms with E-state index >= 15 is 0 Å². The van der Waals surface area contributed by atoms with Gasteiger partial charge in [0, 0.05) is 11.6 Å². The Balaban J connectivity index is 1.78. The van der Waals surface area contributed by atoms with E-state index in [0.717, 1.165) is 0 Å². The summed E-state index contributed by atoms with van der Waals surface area (Å²) in [6, 6.07) is 10.2. The molecule has 9 nitrogen and oxygen atoms in total. The van der Waals surface area contributed by atoms with E-state index in [1.165, 1.54) is 24.0 Å². The molecule has 2 aromatic rings. The Morgan fingerprint density at radius 1 is 1.09 bits per heavy atom. The van der Waals surface area contributed by atoms with E-state index in [4.69, 9.17) is 35.9 Å². The van der Waals surface area contributed by atoms with Crippen LogP contribution in [0.15, 0.2) is 42.1 Å². The summed E-state index contributed by atoms with van der Waals surface area (Å²) in [6.45, 7) is -0.131. The van der Waals surface area contributed by atoms with Gasteiger partial charge in [-0.25, -0.2) is 0 Å². The zero-order valence-corrected chi connectivity index (χ0v) is 18.4. The number of hydrogen-bond acceptors (Lipinski definition) is 8. The third-order valence-electron chi connectivity index (χ3n) is 5.00. The van der Waals surface area contributed by atoms with Crippen LogP contribution in [0.2, 0.25) is 0 Å². The van der Waals surface area contributed by atoms with Gasteiger partial charge in [0.15, 0.2) is 16.6 Å². The molecule has 32 heavy (non-hydrogen) atoms. The van der Waals surface area contributed by atoms with Crippen LogP contribution < -0.4 is 23.8 Å². The second-order valence-electron chi connectivity index (χ2n) is 6.76. The zero-order chi connectivity index (χ0) is 22.8. The number of rotatable bonds is 6. The molecule has 2 heterocycles. The van der Waals surface area contributed by atoms with Gasteiger partial charge in [-0.15, -0.1) is 0 Å². The summed E-state index contributed by atoms with van der Waals surface area (Å²) in [5.74, 6) is 1.24. The first-order valence-electron chi connectivity index (χ1n) is 9.53. The van der Waals surface area contributed by atoms with E-state index in [-0.39, 0.29) is 24.1 Å². The Kier molecular flexibility index (Phi) is 5.87. The Bertz CT molecular complexity index is 1110. The fourth-order valence-electron chi connectivity index (χ4n) is 3.36. The first kappa shape index (κ1) is 21.4. The molecule has 0 N–H and O–H groups in total. The van der Waals surface area contributed by atoms with Crippen molar-refractivity contribution in [2.75, 3.05) is 39.6 Å². The topological polar surface area (TPSA) is 86.8 Å². The highest BCUT2D eigenvalue weighted by Gasteiger charge is 2.40. The molecule has 0 bridgehead atoms. The molecule has 1 saturated heterocycles. The predicted octanol–water partition coefficient (Wildman–Crippen LogP) is 2.58. The first-order valence-corrected chi connectivity index (χ1v) is 9.93. The lowest BCUT2D eigenvalue weighted by atomic mass is 10.1. The van der Waals surface area contributed by atoms with Crippen LogP contribution in [0.1, 0.15) is 5.56 Å². The number of benzene rings is 2. The quantitative estimate of drug-likeness (QED) is 0.370. The number of fused-ring (bicyclic) bond motifs is 1. The molecule has 0 radical (unpaired) electrons. The summed E-state index contributed by atoms with van der Waals surface area (Å²) < 4.78 is 26.3. The number of thiocarbonyl (C=S) groups is 1. The second-order valence-corrected chi connectivity index (χ2v) is 7.13. The molecule has 0 unspecified atom stereocenters. The van der Waals surface area contributed by atoms with Crippen molar-refractivity contribution in [1.29, 1.82) is 0 Å². The van der Waals surface area contributed by atoms with Gasteiger partial charge >= 0.3 is 5.97 Å². The van der Waals surface area contributed by atoms with Gasteiger partial charge in [0.05, 0.1) is 27.0 Å². The number of carbonyl (C=O) groups excluding carboxylic acids is 2. The molecular formula is C22H20N2O7S. The maximum absolute atomic E-state index is 13.4. The third-order valence-corrected chi connectivity index (χ3v) is 5.40. The van der Waals surface area contributed by atoms with Gasteiger partial charge in [0.25, 0.3) is 5.91 Å². The van der Waals surface area contributed by atoms with Gasteiger partial charge in [-0.05, 0) is 48.6 Å². The van der Waals surface area contributed by atoms with E-state index in [9.17, 15) is 9.59 Å². The average Bonchev–Trinajstić information content (AvgIpc) is 3.36. The molecule has 10 heteroatoms. The lowest BCUT2D eigenvalue weighted by Gasteiger charge is -2.19. The molecule has 2 aromatic carbocycles. The van der Waals surface area contributed by atoms with Crippen LogP contribution in [0, 0.1) is 0 Å². The molecule has 166 valence electrons. The zero-order valence-electron chi connectivity index (χ0n) is 17.6. The summed E-state index contributed by atoms with van der Waals surface area (Å²) in [5, 5.41) is 0.150. The fraction of sp³-hybridized carbons (Fsp3) is 0.227. The van der Waals surface area contributed by atoms with Crippen LogP contribution in [-0.4, -0.2) is 56.6 Å². The molecule has 0 atom stereocenters. The van der Waals surface area contributed by atoms with E-state index in [0.29, 0.717) is 34.2 Å². The minimum Gasteiger partial charge on any atom is -0.497 e. The monoisotopic (exact) mass is 456 g/mol. The number of hydrogen-bond donors (Lipinski definition) is 0. The lowest BCUT2D eigenvalue weighted by molar-refractivity contribution is -0.140. The summed E-state index contributed by atoms with van der Waals surface area (Å²) in [6.07, 6.45) is 1.60. The van der Waals surface area contributed by atoms with E-state index in [2.05, 4.69) is 0 Å². The number of ether oxygens (including phenoxy) is 5. The molecule has 2 aliphatic heterocycles. The molecule has 1 fully saturated rings. The van der Waals surface area contributed by atoms with Crippen LogP contribution >= 0.6 is 12.2 Å². The first-order chi connectivity index (χ1) is 15.5. The van der Waals surface area contributed by atoms with Gasteiger partial charge in [0.1, 0.15) is 23.7 Å². The lowest BCUT2D eigenvalue weighted by Crippen LogP contribution is -2.35. The molecule has 0 aromatic heterocycles. The fourth-order valence-corrected chi connectivity index (χ4v) is 3.71. The van der Waals surface area contributed by atoms with Crippen LogP contribution in [0.4, 0.5) is 5.69 Å². The number of methoxy groups -OCH3 is 3. The number of carbonyl (C=O) groups is 2. The highest BCUT2D eigenvalue weighted by molar-refractivity contribution is 7.80. The number of amides is 1. The molecular weight excluding hydrogens is 436 g/mol. The van der Waals surface area contributed by atoms with Crippen molar-refractivity contribution in [2.24, 2.45) is 0 Å². The minimum absolute atomic E-state index is 0.0985. The average molecular weight is 456 g/mol. The van der Waals surface area contributed by atoms with Crippen molar-refractivity contribution in [3.63, 3.8) is 0 Å². The summed E-state index contributed by atoms with van der Waals surface area (Å²) >= 11 is 5.56. The Morgan fingerprint density at radius 2 is 1.78 bits per heavy atom. The van der Waals surface area contributed by atoms with E-state index < -0.39 is 11.9 Å². The normalized spacial score (nSPS) is 16.0. The molecule has 1 amide bonds. The number of esters is 1. The third kappa shape index (κ3) is 3.80. The van der Waals surface area contributed by atoms with Crippen LogP contribution in [-0.2, 0) is 14.3 Å². The van der Waals surface area contributed by atoms with Crippen LogP contribution in [0.3, 0.4) is 0 Å². The summed E-state index contributed by atoms with van der Waals surface area (Å²) in [5.41, 5.74) is 1.29. The molecule has 2 aliphatic rings. The second kappa shape index (κ2) is 8.75. The van der Waals surface area contributed by atoms with E-state index in [1.807, 2.05) is 0 Å². The van der Waals surface area contributed by atoms with Gasteiger partial charge in [-0.1, -0.05) is 0 Å². The van der Waals surface area contributed by atoms with Crippen molar-refractivity contribution in [3.05, 3.63) is 47.7 Å². The SMILES string of the molecule is COC(=O)CN1C(=S)N(c2ccc(OC)cc2)C(=O)/C1=C/c1cc2c(cc1OC)OCO2. The van der Waals surface area contributed by atoms with Crippen molar-refractivity contribution in [2.45, 2.75) is 0 Å². The maximum atomic E-state index is 13.4. The van der Waals surface area contributed by atoms with Crippen molar-refractivity contribution >= 4 is 41.0 Å². The largest absolute Gasteiger partial charge is 0.497 e. The Hall–Kier alpha value is -3.79. The van der Waals surface area contributed by atoms with Gasteiger partial charge < -0.3 is 28.6 Å². The molecule has 0 spiro atoms. The Labute approximate surface area is 189 Å². The standard InChI is InChI=1S/C22H20N2O7S/c1-27-15-6-4-14(5-7-15)24-21(26)16(23(22(24)32)11-20(25)29-3)8-13-9-18-19(31-12-30-18)10-17(13)28-2/h4-10H,11-12H2,1-3H3/b16-8-. The summed E-state index contributed by atoms with van der Waals surface area (Å²) in [7, 11) is 4.34. The number of nitrogens with zero attached hydrogens (tertiary/aromatic N) is 2. The highest BCUT2D eigenvalue weighted by atomic mass is 32.1. The number of anilines is 1. The van der Waals surface area contributed by atoms with Gasteiger partial charge in [-0.2, -0.15) is 0 Å². The van der Waals surface area contributed by atoms with Gasteiger partial charge in [-0.3, -0.25) is 14.5 Å². The highest BCUT2D eigenvalue weighted by Crippen LogP contribution is 2.40.